The lowest BCUT2D eigenvalue weighted by Gasteiger charge is -2.20. The first-order chi connectivity index (χ1) is 13.4. The van der Waals surface area contributed by atoms with Crippen molar-refractivity contribution in [3.63, 3.8) is 0 Å². The van der Waals surface area contributed by atoms with E-state index in [1.807, 2.05) is 30.3 Å². The highest BCUT2D eigenvalue weighted by Gasteiger charge is 2.26. The summed E-state index contributed by atoms with van der Waals surface area (Å²) in [5, 5.41) is 5.40. The third-order valence-corrected chi connectivity index (χ3v) is 4.78. The van der Waals surface area contributed by atoms with E-state index in [-0.39, 0.29) is 6.04 Å². The molecule has 0 spiro atoms. The van der Waals surface area contributed by atoms with E-state index in [1.165, 1.54) is 16.7 Å². The van der Waals surface area contributed by atoms with E-state index in [9.17, 15) is 0 Å². The van der Waals surface area contributed by atoms with Crippen LogP contribution in [0.1, 0.15) is 5.56 Å². The van der Waals surface area contributed by atoms with Gasteiger partial charge >= 0.3 is 0 Å². The quantitative estimate of drug-likeness (QED) is 0.749. The summed E-state index contributed by atoms with van der Waals surface area (Å²) in [7, 11) is 0. The van der Waals surface area contributed by atoms with Gasteiger partial charge in [0.05, 0.1) is 23.3 Å². The lowest BCUT2D eigenvalue weighted by molar-refractivity contribution is 0.307. The van der Waals surface area contributed by atoms with E-state index in [1.54, 1.807) is 6.20 Å². The van der Waals surface area contributed by atoms with Gasteiger partial charge in [0, 0.05) is 6.20 Å². The van der Waals surface area contributed by atoms with Crippen LogP contribution in [0.15, 0.2) is 90.8 Å². The molecule has 5 nitrogen and oxygen atoms in total. The van der Waals surface area contributed by atoms with Crippen LogP contribution in [0, 0.1) is 0 Å². The Bertz CT molecular complexity index is 1070. The molecule has 1 aliphatic carbocycles. The summed E-state index contributed by atoms with van der Waals surface area (Å²) in [5.74, 6) is 0.762. The van der Waals surface area contributed by atoms with Gasteiger partial charge in [-0.2, -0.15) is 0 Å². The smallest absolute Gasteiger partial charge is 0.146 e. The molecule has 3 aromatic rings. The monoisotopic (exact) mass is 353 g/mol. The molecule has 5 heteroatoms. The highest BCUT2D eigenvalue weighted by molar-refractivity contribution is 5.83. The number of nitrogens with one attached hydrogen (secondary N) is 2. The van der Waals surface area contributed by atoms with E-state index in [2.05, 4.69) is 74.4 Å². The standard InChI is InChI=1S/C22H19N5/c1-2-7-16(8-3-1)17-9-6-12-19-18(17)14-27(26-19)15-24-22-13-23-20-10-4-5-11-21(20)25-22/h1-14,19,26H,15H2,(H,24,25). The van der Waals surface area contributed by atoms with Crippen LogP contribution < -0.4 is 10.7 Å². The van der Waals surface area contributed by atoms with Crippen LogP contribution in [0.5, 0.6) is 0 Å². The number of aromatic nitrogens is 2. The molecule has 2 heterocycles. The summed E-state index contributed by atoms with van der Waals surface area (Å²) < 4.78 is 0. The molecule has 1 aliphatic heterocycles. The van der Waals surface area contributed by atoms with Crippen molar-refractivity contribution in [1.29, 1.82) is 0 Å². The van der Waals surface area contributed by atoms with Crippen LogP contribution in [0.25, 0.3) is 16.6 Å². The summed E-state index contributed by atoms with van der Waals surface area (Å²) >= 11 is 0. The molecule has 0 bridgehead atoms. The molecule has 0 amide bonds. The molecule has 2 aliphatic rings. The van der Waals surface area contributed by atoms with E-state index in [0.29, 0.717) is 6.67 Å². The first-order valence-corrected chi connectivity index (χ1v) is 9.01. The van der Waals surface area contributed by atoms with Gasteiger partial charge in [-0.1, -0.05) is 60.7 Å². The summed E-state index contributed by atoms with van der Waals surface area (Å²) in [6, 6.07) is 18.6. The van der Waals surface area contributed by atoms with E-state index < -0.39 is 0 Å². The number of hydrogen-bond acceptors (Lipinski definition) is 5. The highest BCUT2D eigenvalue weighted by atomic mass is 15.6. The Labute approximate surface area is 157 Å². The second-order valence-electron chi connectivity index (χ2n) is 6.57. The lowest BCUT2D eigenvalue weighted by Crippen LogP contribution is -2.38. The average Bonchev–Trinajstić information content (AvgIpc) is 3.16. The minimum atomic E-state index is 0.190. The molecule has 2 aromatic carbocycles. The number of anilines is 1. The molecule has 1 aromatic heterocycles. The molecule has 0 saturated heterocycles. The Kier molecular flexibility index (Phi) is 3.92. The SMILES string of the molecule is C1=CC2NN(CNc3cnc4ccccc4n3)C=C2C(c2ccccc2)=C1. The number of allylic oxidation sites excluding steroid dienone is 2. The van der Waals surface area contributed by atoms with E-state index in [0.717, 1.165) is 16.9 Å². The topological polar surface area (TPSA) is 53.1 Å². The summed E-state index contributed by atoms with van der Waals surface area (Å²) in [6.45, 7) is 0.600. The van der Waals surface area contributed by atoms with Gasteiger partial charge in [0.1, 0.15) is 12.5 Å². The van der Waals surface area contributed by atoms with Crippen LogP contribution in [0.2, 0.25) is 0 Å². The van der Waals surface area contributed by atoms with Gasteiger partial charge in [-0.3, -0.25) is 9.99 Å². The molecule has 1 unspecified atom stereocenters. The van der Waals surface area contributed by atoms with Gasteiger partial charge in [0.15, 0.2) is 0 Å². The normalized spacial score (nSPS) is 18.2. The number of hydrazine groups is 1. The number of nitrogens with zero attached hydrogens (tertiary/aromatic N) is 3. The van der Waals surface area contributed by atoms with Gasteiger partial charge in [-0.25, -0.2) is 10.4 Å². The van der Waals surface area contributed by atoms with Gasteiger partial charge < -0.3 is 5.32 Å². The Morgan fingerprint density at radius 1 is 1.00 bits per heavy atom. The minimum Gasteiger partial charge on any atom is -0.350 e. The van der Waals surface area contributed by atoms with Gasteiger partial charge in [-0.05, 0) is 28.8 Å². The van der Waals surface area contributed by atoms with Crippen molar-refractivity contribution in [2.45, 2.75) is 6.04 Å². The van der Waals surface area contributed by atoms with Gasteiger partial charge in [-0.15, -0.1) is 0 Å². The minimum absolute atomic E-state index is 0.190. The van der Waals surface area contributed by atoms with E-state index >= 15 is 0 Å². The molecule has 0 saturated carbocycles. The van der Waals surface area contributed by atoms with Crippen molar-refractivity contribution in [3.8, 4) is 0 Å². The molecule has 27 heavy (non-hydrogen) atoms. The molecular weight excluding hydrogens is 334 g/mol. The maximum Gasteiger partial charge on any atom is 0.146 e. The molecule has 132 valence electrons. The van der Waals surface area contributed by atoms with E-state index in [4.69, 9.17) is 0 Å². The summed E-state index contributed by atoms with van der Waals surface area (Å²) in [4.78, 5) is 9.07. The third-order valence-electron chi connectivity index (χ3n) is 4.78. The zero-order valence-electron chi connectivity index (χ0n) is 14.7. The Balaban J connectivity index is 1.33. The fourth-order valence-electron chi connectivity index (χ4n) is 3.46. The highest BCUT2D eigenvalue weighted by Crippen LogP contribution is 2.32. The lowest BCUT2D eigenvalue weighted by atomic mass is 9.90. The second-order valence-corrected chi connectivity index (χ2v) is 6.57. The van der Waals surface area contributed by atoms with Crippen LogP contribution >= 0.6 is 0 Å². The summed E-state index contributed by atoms with van der Waals surface area (Å²) in [6.07, 6.45) is 10.4. The zero-order valence-corrected chi connectivity index (χ0v) is 14.7. The Hall–Kier alpha value is -3.44. The van der Waals surface area contributed by atoms with Crippen LogP contribution in [-0.4, -0.2) is 27.7 Å². The largest absolute Gasteiger partial charge is 0.350 e. The van der Waals surface area contributed by atoms with Crippen molar-refractivity contribution >= 4 is 22.4 Å². The first kappa shape index (κ1) is 15.8. The van der Waals surface area contributed by atoms with Gasteiger partial charge in [0.2, 0.25) is 0 Å². The number of benzene rings is 2. The van der Waals surface area contributed by atoms with Crippen LogP contribution in [0.3, 0.4) is 0 Å². The molecule has 0 radical (unpaired) electrons. The van der Waals surface area contributed by atoms with Crippen molar-refractivity contribution in [1.82, 2.24) is 20.4 Å². The molecule has 1 atom stereocenters. The second kappa shape index (κ2) is 6.70. The van der Waals surface area contributed by atoms with Crippen molar-refractivity contribution in [2.75, 3.05) is 12.0 Å². The average molecular weight is 353 g/mol. The summed E-state index contributed by atoms with van der Waals surface area (Å²) in [5.41, 5.74) is 9.05. The predicted octanol–water partition coefficient (Wildman–Crippen LogP) is 3.73. The predicted molar refractivity (Wildman–Crippen MR) is 108 cm³/mol. The van der Waals surface area contributed by atoms with Crippen LogP contribution in [-0.2, 0) is 0 Å². The molecular formula is C22H19N5. The number of hydrogen-bond donors (Lipinski definition) is 2. The van der Waals surface area contributed by atoms with Crippen LogP contribution in [0.4, 0.5) is 5.82 Å². The molecule has 2 N–H and O–H groups in total. The third kappa shape index (κ3) is 3.09. The van der Waals surface area contributed by atoms with Crippen molar-refractivity contribution < 1.29 is 0 Å². The maximum atomic E-state index is 4.62. The number of rotatable bonds is 4. The zero-order chi connectivity index (χ0) is 18.1. The maximum absolute atomic E-state index is 4.62. The molecule has 5 rings (SSSR count). The fourth-order valence-corrected chi connectivity index (χ4v) is 3.46. The fraction of sp³-hybridized carbons (Fsp3) is 0.0909. The first-order valence-electron chi connectivity index (χ1n) is 9.01. The van der Waals surface area contributed by atoms with Crippen molar-refractivity contribution in [2.24, 2.45) is 0 Å². The number of para-hydroxylation sites is 2. The van der Waals surface area contributed by atoms with Gasteiger partial charge in [0.25, 0.3) is 0 Å². The number of fused-ring (bicyclic) bond motifs is 2. The molecule has 0 fully saturated rings. The Morgan fingerprint density at radius 3 is 2.70 bits per heavy atom. The Morgan fingerprint density at radius 2 is 1.81 bits per heavy atom. The van der Waals surface area contributed by atoms with Crippen molar-refractivity contribution in [3.05, 3.63) is 96.4 Å².